The summed E-state index contributed by atoms with van der Waals surface area (Å²) in [6.45, 7) is 6.39. The Hall–Kier alpha value is -3.52. The van der Waals surface area contributed by atoms with Gasteiger partial charge in [-0.2, -0.15) is 0 Å². The molecule has 3 aromatic carbocycles. The molecule has 0 unspecified atom stereocenters. The number of sulfonamides is 1. The summed E-state index contributed by atoms with van der Waals surface area (Å²) in [4.78, 5) is 12.9. The van der Waals surface area contributed by atoms with Gasteiger partial charge >= 0.3 is 0 Å². The Morgan fingerprint density at radius 3 is 2.14 bits per heavy atom. The van der Waals surface area contributed by atoms with Crippen LogP contribution in [0.4, 0.5) is 5.69 Å². The van der Waals surface area contributed by atoms with Gasteiger partial charge in [0.05, 0.1) is 24.2 Å². The first kappa shape index (κ1) is 26.1. The van der Waals surface area contributed by atoms with E-state index < -0.39 is 22.5 Å². The van der Waals surface area contributed by atoms with Gasteiger partial charge in [-0.25, -0.2) is 8.42 Å². The van der Waals surface area contributed by atoms with Crippen molar-refractivity contribution in [3.63, 3.8) is 0 Å². The molecule has 3 aromatic rings. The highest BCUT2D eigenvalue weighted by molar-refractivity contribution is 7.92. The quantitative estimate of drug-likeness (QED) is 0.421. The van der Waals surface area contributed by atoms with Crippen molar-refractivity contribution >= 4 is 21.6 Å². The molecule has 0 atom stereocenters. The number of carbonyl (C=O) groups is 1. The molecule has 0 bridgehead atoms. The van der Waals surface area contributed by atoms with Crippen LogP contribution >= 0.6 is 0 Å². The number of methoxy groups -OCH3 is 1. The highest BCUT2D eigenvalue weighted by atomic mass is 32.2. The fraction of sp³-hybridized carbons (Fsp3) is 0.296. The molecule has 3 rings (SSSR count). The predicted molar refractivity (Wildman–Crippen MR) is 138 cm³/mol. The number of nitrogens with zero attached hydrogens (tertiary/aromatic N) is 1. The van der Waals surface area contributed by atoms with Gasteiger partial charge in [-0.15, -0.1) is 0 Å². The molecule has 1 amide bonds. The zero-order valence-corrected chi connectivity index (χ0v) is 21.3. The van der Waals surface area contributed by atoms with Gasteiger partial charge in [0, 0.05) is 0 Å². The average molecular weight is 497 g/mol. The molecule has 0 fully saturated rings. The molecule has 0 aliphatic heterocycles. The Morgan fingerprint density at radius 2 is 1.49 bits per heavy atom. The minimum atomic E-state index is -4.02. The molecule has 0 saturated carbocycles. The Balaban J connectivity index is 1.73. The minimum Gasteiger partial charge on any atom is -0.495 e. The first-order valence-electron chi connectivity index (χ1n) is 11.3. The fourth-order valence-corrected chi connectivity index (χ4v) is 5.06. The van der Waals surface area contributed by atoms with E-state index in [2.05, 4.69) is 26.1 Å². The van der Waals surface area contributed by atoms with E-state index >= 15 is 0 Å². The van der Waals surface area contributed by atoms with Gasteiger partial charge in [0.2, 0.25) is 5.91 Å². The highest BCUT2D eigenvalue weighted by Gasteiger charge is 2.29. The third kappa shape index (κ3) is 6.54. The maximum Gasteiger partial charge on any atom is 0.264 e. The maximum absolute atomic E-state index is 13.4. The first-order chi connectivity index (χ1) is 16.6. The number of hydrogen-bond donors (Lipinski definition) is 1. The summed E-state index contributed by atoms with van der Waals surface area (Å²) in [6.07, 6.45) is 0. The lowest BCUT2D eigenvalue weighted by molar-refractivity contribution is -0.119. The van der Waals surface area contributed by atoms with Gasteiger partial charge in [0.1, 0.15) is 24.7 Å². The van der Waals surface area contributed by atoms with E-state index in [4.69, 9.17) is 9.47 Å². The van der Waals surface area contributed by atoms with Crippen molar-refractivity contribution in [2.45, 2.75) is 31.1 Å². The predicted octanol–water partition coefficient (Wildman–Crippen LogP) is 4.38. The molecule has 35 heavy (non-hydrogen) atoms. The summed E-state index contributed by atoms with van der Waals surface area (Å²) in [7, 11) is -2.56. The Kier molecular flexibility index (Phi) is 8.40. The summed E-state index contributed by atoms with van der Waals surface area (Å²) in [6, 6.07) is 22.5. The fourth-order valence-electron chi connectivity index (χ4n) is 3.61. The van der Waals surface area contributed by atoms with Crippen LogP contribution in [0.25, 0.3) is 0 Å². The van der Waals surface area contributed by atoms with Crippen LogP contribution in [0.2, 0.25) is 0 Å². The van der Waals surface area contributed by atoms with Gasteiger partial charge in [-0.3, -0.25) is 9.10 Å². The number of benzene rings is 3. The van der Waals surface area contributed by atoms with Crippen LogP contribution in [0.1, 0.15) is 26.3 Å². The molecule has 0 aliphatic rings. The normalized spacial score (nSPS) is 11.5. The van der Waals surface area contributed by atoms with Crippen molar-refractivity contribution in [1.82, 2.24) is 5.32 Å². The summed E-state index contributed by atoms with van der Waals surface area (Å²) in [5.74, 6) is 0.654. The largest absolute Gasteiger partial charge is 0.495 e. The molecular formula is C27H32N2O5S. The van der Waals surface area contributed by atoms with Crippen LogP contribution < -0.4 is 19.1 Å². The van der Waals surface area contributed by atoms with E-state index in [1.807, 2.05) is 24.3 Å². The second kappa shape index (κ2) is 11.3. The van der Waals surface area contributed by atoms with Crippen LogP contribution in [0.15, 0.2) is 83.8 Å². The average Bonchev–Trinajstić information content (AvgIpc) is 2.85. The standard InChI is InChI=1S/C27H32N2O5S/c1-27(2,3)22-14-8-10-16-24(22)34-19-18-28-26(30)20-29(23-15-9-11-17-25(23)33-4)35(31,32)21-12-6-5-7-13-21/h5-17H,18-20H2,1-4H3,(H,28,30). The molecule has 8 heteroatoms. The van der Waals surface area contributed by atoms with Crippen molar-refractivity contribution in [2.24, 2.45) is 0 Å². The lowest BCUT2D eigenvalue weighted by Gasteiger charge is -2.25. The van der Waals surface area contributed by atoms with Crippen molar-refractivity contribution in [2.75, 3.05) is 31.1 Å². The van der Waals surface area contributed by atoms with E-state index in [0.29, 0.717) is 5.75 Å². The van der Waals surface area contributed by atoms with Crippen LogP contribution in [0.3, 0.4) is 0 Å². The third-order valence-corrected chi connectivity index (χ3v) is 7.12. The summed E-state index contributed by atoms with van der Waals surface area (Å²) < 4.78 is 39.2. The molecule has 0 aliphatic carbocycles. The molecule has 0 saturated heterocycles. The van der Waals surface area contributed by atoms with Gasteiger partial charge in [0.25, 0.3) is 10.0 Å². The zero-order valence-electron chi connectivity index (χ0n) is 20.5. The van der Waals surface area contributed by atoms with Crippen molar-refractivity contribution in [3.05, 3.63) is 84.4 Å². The monoisotopic (exact) mass is 496 g/mol. The second-order valence-electron chi connectivity index (χ2n) is 8.94. The Bertz CT molecular complexity index is 1240. The molecular weight excluding hydrogens is 464 g/mol. The smallest absolute Gasteiger partial charge is 0.264 e. The Morgan fingerprint density at radius 1 is 0.886 bits per heavy atom. The van der Waals surface area contributed by atoms with Crippen molar-refractivity contribution in [1.29, 1.82) is 0 Å². The van der Waals surface area contributed by atoms with Gasteiger partial charge in [-0.05, 0) is 41.3 Å². The van der Waals surface area contributed by atoms with Crippen molar-refractivity contribution in [3.8, 4) is 11.5 Å². The Labute approximate surface area is 207 Å². The second-order valence-corrected chi connectivity index (χ2v) is 10.8. The van der Waals surface area contributed by atoms with Crippen molar-refractivity contribution < 1.29 is 22.7 Å². The topological polar surface area (TPSA) is 84.9 Å². The number of amides is 1. The molecule has 0 heterocycles. The number of para-hydroxylation sites is 3. The number of carbonyl (C=O) groups excluding carboxylic acids is 1. The number of nitrogens with one attached hydrogen (secondary N) is 1. The van der Waals surface area contributed by atoms with Crippen LogP contribution in [0.5, 0.6) is 11.5 Å². The number of hydrogen-bond acceptors (Lipinski definition) is 5. The number of anilines is 1. The molecule has 7 nitrogen and oxygen atoms in total. The molecule has 0 aromatic heterocycles. The summed E-state index contributed by atoms with van der Waals surface area (Å²) in [5.41, 5.74) is 1.27. The minimum absolute atomic E-state index is 0.0825. The van der Waals surface area contributed by atoms with Crippen LogP contribution in [0, 0.1) is 0 Å². The first-order valence-corrected chi connectivity index (χ1v) is 12.8. The van der Waals surface area contributed by atoms with Gasteiger partial charge in [-0.1, -0.05) is 69.3 Å². The molecule has 0 spiro atoms. The van der Waals surface area contributed by atoms with Crippen LogP contribution in [-0.4, -0.2) is 41.1 Å². The van der Waals surface area contributed by atoms with E-state index in [0.717, 1.165) is 15.6 Å². The number of rotatable bonds is 10. The summed E-state index contributed by atoms with van der Waals surface area (Å²) in [5, 5.41) is 2.76. The molecule has 186 valence electrons. The van der Waals surface area contributed by atoms with Crippen LogP contribution in [-0.2, 0) is 20.2 Å². The van der Waals surface area contributed by atoms with E-state index in [1.165, 1.54) is 19.2 Å². The zero-order chi connectivity index (χ0) is 25.5. The summed E-state index contributed by atoms with van der Waals surface area (Å²) >= 11 is 0. The number of ether oxygens (including phenoxy) is 2. The highest BCUT2D eigenvalue weighted by Crippen LogP contribution is 2.32. The molecule has 1 N–H and O–H groups in total. The maximum atomic E-state index is 13.4. The lowest BCUT2D eigenvalue weighted by atomic mass is 9.86. The van der Waals surface area contributed by atoms with Gasteiger partial charge < -0.3 is 14.8 Å². The lowest BCUT2D eigenvalue weighted by Crippen LogP contribution is -2.42. The van der Waals surface area contributed by atoms with Gasteiger partial charge in [0.15, 0.2) is 0 Å². The van der Waals surface area contributed by atoms with E-state index in [1.54, 1.807) is 42.5 Å². The SMILES string of the molecule is COc1ccccc1N(CC(=O)NCCOc1ccccc1C(C)(C)C)S(=O)(=O)c1ccccc1. The third-order valence-electron chi connectivity index (χ3n) is 5.35. The van der Waals surface area contributed by atoms with E-state index in [9.17, 15) is 13.2 Å². The molecule has 0 radical (unpaired) electrons. The van der Waals surface area contributed by atoms with E-state index in [-0.39, 0.29) is 29.1 Å².